The van der Waals surface area contributed by atoms with Gasteiger partial charge < -0.3 is 5.32 Å². The summed E-state index contributed by atoms with van der Waals surface area (Å²) < 4.78 is 27.1. The van der Waals surface area contributed by atoms with Crippen LogP contribution in [0.3, 0.4) is 0 Å². The van der Waals surface area contributed by atoms with E-state index < -0.39 is 0 Å². The maximum absolute atomic E-state index is 13.8. The molecule has 0 saturated heterocycles. The quantitative estimate of drug-likeness (QED) is 0.712. The zero-order chi connectivity index (χ0) is 14.3. The molecule has 0 aliphatic heterocycles. The van der Waals surface area contributed by atoms with Crippen molar-refractivity contribution in [3.63, 3.8) is 0 Å². The summed E-state index contributed by atoms with van der Waals surface area (Å²) in [6.07, 6.45) is 5.46. The molecule has 3 heteroatoms. The number of nitrogens with one attached hydrogen (secondary N) is 1. The van der Waals surface area contributed by atoms with Gasteiger partial charge in [0.15, 0.2) is 0 Å². The molecule has 0 heterocycles. The molecule has 1 N–H and O–H groups in total. The zero-order valence-electron chi connectivity index (χ0n) is 12.2. The minimum absolute atomic E-state index is 0.113. The Bertz CT molecular complexity index is 379. The maximum atomic E-state index is 13.8. The lowest BCUT2D eigenvalue weighted by Gasteiger charge is -2.23. The smallest absolute Gasteiger partial charge is 0.128 e. The molecule has 2 atom stereocenters. The molecule has 0 amide bonds. The van der Waals surface area contributed by atoms with Crippen molar-refractivity contribution in [2.45, 2.75) is 52.0 Å². The lowest BCUT2D eigenvalue weighted by molar-refractivity contribution is 0.358. The molecule has 108 valence electrons. The van der Waals surface area contributed by atoms with E-state index in [1.165, 1.54) is 31.0 Å². The average Bonchev–Trinajstić information content (AvgIpc) is 2.42. The van der Waals surface area contributed by atoms with E-state index in [-0.39, 0.29) is 17.7 Å². The average molecular weight is 269 g/mol. The second-order valence-electron chi connectivity index (χ2n) is 5.16. The van der Waals surface area contributed by atoms with Crippen molar-refractivity contribution in [2.75, 3.05) is 7.05 Å². The van der Waals surface area contributed by atoms with E-state index in [9.17, 15) is 8.78 Å². The Morgan fingerprint density at radius 1 is 1.21 bits per heavy atom. The van der Waals surface area contributed by atoms with Gasteiger partial charge in [-0.25, -0.2) is 8.78 Å². The monoisotopic (exact) mass is 269 g/mol. The Kier molecular flexibility index (Phi) is 7.00. The van der Waals surface area contributed by atoms with Crippen molar-refractivity contribution in [3.05, 3.63) is 35.4 Å². The van der Waals surface area contributed by atoms with E-state index in [0.29, 0.717) is 11.5 Å². The number of hydrogen-bond donors (Lipinski definition) is 1. The summed E-state index contributed by atoms with van der Waals surface area (Å²) in [4.78, 5) is 0. The van der Waals surface area contributed by atoms with Gasteiger partial charge >= 0.3 is 0 Å². The molecule has 0 saturated carbocycles. The fraction of sp³-hybridized carbons (Fsp3) is 0.625. The van der Waals surface area contributed by atoms with Crippen LogP contribution in [0, 0.1) is 17.6 Å². The van der Waals surface area contributed by atoms with Crippen LogP contribution >= 0.6 is 0 Å². The molecular formula is C16H25F2N. The summed E-state index contributed by atoms with van der Waals surface area (Å²) in [5.41, 5.74) is 0.442. The lowest BCUT2D eigenvalue weighted by Crippen LogP contribution is -2.21. The second kappa shape index (κ2) is 8.26. The van der Waals surface area contributed by atoms with E-state index in [1.807, 2.05) is 7.05 Å². The van der Waals surface area contributed by atoms with Gasteiger partial charge in [-0.1, -0.05) is 39.5 Å². The highest BCUT2D eigenvalue weighted by Crippen LogP contribution is 2.28. The molecule has 0 radical (unpaired) electrons. The Labute approximate surface area is 115 Å². The summed E-state index contributed by atoms with van der Waals surface area (Å²) in [5.74, 6) is -0.149. The summed E-state index contributed by atoms with van der Waals surface area (Å²) in [7, 11) is 1.81. The highest BCUT2D eigenvalue weighted by molar-refractivity contribution is 5.22. The fourth-order valence-electron chi connectivity index (χ4n) is 2.50. The molecule has 0 aliphatic rings. The molecule has 0 bridgehead atoms. The van der Waals surface area contributed by atoms with Gasteiger partial charge in [-0.2, -0.15) is 0 Å². The predicted molar refractivity (Wildman–Crippen MR) is 76.1 cm³/mol. The van der Waals surface area contributed by atoms with Crippen LogP contribution in [0.1, 0.15) is 57.6 Å². The summed E-state index contributed by atoms with van der Waals surface area (Å²) in [6.45, 7) is 4.34. The van der Waals surface area contributed by atoms with Gasteiger partial charge in [0, 0.05) is 11.6 Å². The van der Waals surface area contributed by atoms with Crippen LogP contribution in [0.15, 0.2) is 18.2 Å². The van der Waals surface area contributed by atoms with Crippen LogP contribution in [0.2, 0.25) is 0 Å². The van der Waals surface area contributed by atoms with Crippen molar-refractivity contribution in [1.29, 1.82) is 0 Å². The minimum Gasteiger partial charge on any atom is -0.313 e. The molecule has 0 fully saturated rings. The highest BCUT2D eigenvalue weighted by atomic mass is 19.1. The number of halogens is 2. The standard InChI is InChI=1S/C16H25F2N/c1-4-6-7-12(5-2)10-16(19-3)14-11-13(17)8-9-15(14)18/h8-9,11-12,16,19H,4-7,10H2,1-3H3. The Balaban J connectivity index is 2.78. The van der Waals surface area contributed by atoms with Crippen LogP contribution in [-0.4, -0.2) is 7.05 Å². The molecule has 1 aromatic carbocycles. The van der Waals surface area contributed by atoms with Crippen molar-refractivity contribution >= 4 is 0 Å². The Hall–Kier alpha value is -0.960. The van der Waals surface area contributed by atoms with Gasteiger partial charge in [0.1, 0.15) is 11.6 Å². The van der Waals surface area contributed by atoms with Gasteiger partial charge in [-0.15, -0.1) is 0 Å². The molecule has 1 aromatic rings. The Morgan fingerprint density at radius 2 is 1.95 bits per heavy atom. The van der Waals surface area contributed by atoms with Crippen LogP contribution < -0.4 is 5.32 Å². The topological polar surface area (TPSA) is 12.0 Å². The fourth-order valence-corrected chi connectivity index (χ4v) is 2.50. The molecule has 0 spiro atoms. The number of unbranched alkanes of at least 4 members (excludes halogenated alkanes) is 1. The van der Waals surface area contributed by atoms with Gasteiger partial charge in [-0.05, 0) is 37.6 Å². The van der Waals surface area contributed by atoms with E-state index >= 15 is 0 Å². The SMILES string of the molecule is CCCCC(CC)CC(NC)c1cc(F)ccc1F. The third-order valence-corrected chi connectivity index (χ3v) is 3.79. The Morgan fingerprint density at radius 3 is 2.53 bits per heavy atom. The first-order valence-electron chi connectivity index (χ1n) is 7.24. The van der Waals surface area contributed by atoms with Crippen LogP contribution in [0.25, 0.3) is 0 Å². The molecule has 0 aliphatic carbocycles. The first kappa shape index (κ1) is 16.1. The molecule has 0 aromatic heterocycles. The molecule has 2 unspecified atom stereocenters. The first-order valence-corrected chi connectivity index (χ1v) is 7.24. The largest absolute Gasteiger partial charge is 0.313 e. The van der Waals surface area contributed by atoms with Crippen molar-refractivity contribution in [2.24, 2.45) is 5.92 Å². The van der Waals surface area contributed by atoms with Gasteiger partial charge in [0.25, 0.3) is 0 Å². The summed E-state index contributed by atoms with van der Waals surface area (Å²) in [6, 6.07) is 3.57. The van der Waals surface area contributed by atoms with E-state index in [4.69, 9.17) is 0 Å². The van der Waals surface area contributed by atoms with Gasteiger partial charge in [0.2, 0.25) is 0 Å². The van der Waals surface area contributed by atoms with E-state index in [1.54, 1.807) is 0 Å². The van der Waals surface area contributed by atoms with Crippen molar-refractivity contribution in [3.8, 4) is 0 Å². The van der Waals surface area contributed by atoms with Crippen molar-refractivity contribution < 1.29 is 8.78 Å². The first-order chi connectivity index (χ1) is 9.12. The number of hydrogen-bond acceptors (Lipinski definition) is 1. The number of rotatable bonds is 8. The normalized spacial score (nSPS) is 14.4. The summed E-state index contributed by atoms with van der Waals surface area (Å²) in [5, 5.41) is 3.12. The van der Waals surface area contributed by atoms with Gasteiger partial charge in [0.05, 0.1) is 0 Å². The molecule has 19 heavy (non-hydrogen) atoms. The van der Waals surface area contributed by atoms with Crippen LogP contribution in [0.4, 0.5) is 8.78 Å². The van der Waals surface area contributed by atoms with E-state index in [2.05, 4.69) is 19.2 Å². The third-order valence-electron chi connectivity index (χ3n) is 3.79. The lowest BCUT2D eigenvalue weighted by atomic mass is 9.89. The maximum Gasteiger partial charge on any atom is 0.128 e. The van der Waals surface area contributed by atoms with Gasteiger partial charge in [-0.3, -0.25) is 0 Å². The molecular weight excluding hydrogens is 244 g/mol. The van der Waals surface area contributed by atoms with E-state index in [0.717, 1.165) is 19.3 Å². The van der Waals surface area contributed by atoms with Crippen molar-refractivity contribution in [1.82, 2.24) is 5.32 Å². The molecule has 1 rings (SSSR count). The predicted octanol–water partition coefficient (Wildman–Crippen LogP) is 4.83. The zero-order valence-corrected chi connectivity index (χ0v) is 12.2. The summed E-state index contributed by atoms with van der Waals surface area (Å²) >= 11 is 0. The minimum atomic E-state index is -0.377. The third kappa shape index (κ3) is 4.90. The van der Waals surface area contributed by atoms with Crippen LogP contribution in [-0.2, 0) is 0 Å². The second-order valence-corrected chi connectivity index (χ2v) is 5.16. The highest BCUT2D eigenvalue weighted by Gasteiger charge is 2.19. The van der Waals surface area contributed by atoms with Crippen LogP contribution in [0.5, 0.6) is 0 Å². The molecule has 1 nitrogen and oxygen atoms in total. The number of benzene rings is 1.